The molecule has 25 heavy (non-hydrogen) atoms. The number of nitrogens with zero attached hydrogens (tertiary/aromatic N) is 4. The van der Waals surface area contributed by atoms with E-state index in [9.17, 15) is 13.2 Å². The number of sulfone groups is 1. The van der Waals surface area contributed by atoms with Gasteiger partial charge in [-0.15, -0.1) is 0 Å². The standard InChI is InChI=1S/C13H14Cl2N6O3S/c1-7-9(4-16-18-10-5-17-19-13(22)11(10)14)12(15)21(20-7)8-2-3-25(23,24)6-8/h4-5,8H,2-3,6H2,1H3,(H2,18,19,22)/b16-4-/t8-/m0/s1. The van der Waals surface area contributed by atoms with Crippen molar-refractivity contribution in [3.8, 4) is 0 Å². The maximum atomic E-state index is 11.6. The Labute approximate surface area is 152 Å². The first-order valence-electron chi connectivity index (χ1n) is 7.26. The van der Waals surface area contributed by atoms with E-state index >= 15 is 0 Å². The van der Waals surface area contributed by atoms with Crippen molar-refractivity contribution in [3.05, 3.63) is 38.0 Å². The highest BCUT2D eigenvalue weighted by atomic mass is 35.5. The first kappa shape index (κ1) is 17.9. The molecule has 1 aliphatic heterocycles. The van der Waals surface area contributed by atoms with E-state index in [2.05, 4.69) is 25.8 Å². The van der Waals surface area contributed by atoms with Gasteiger partial charge in [-0.3, -0.25) is 10.2 Å². The SMILES string of the molecule is Cc1nn([C@H]2CCS(=O)(=O)C2)c(Cl)c1/C=N\Nc1cn[nH]c(=O)c1Cl. The predicted octanol–water partition coefficient (Wildman–Crippen LogP) is 1.39. The molecule has 0 unspecified atom stereocenters. The van der Waals surface area contributed by atoms with E-state index in [-0.39, 0.29) is 28.3 Å². The second-order valence-corrected chi connectivity index (χ2v) is 8.55. The van der Waals surface area contributed by atoms with Crippen LogP contribution >= 0.6 is 23.2 Å². The largest absolute Gasteiger partial charge is 0.285 e. The van der Waals surface area contributed by atoms with Gasteiger partial charge in [0.15, 0.2) is 9.84 Å². The number of hydrogen-bond donors (Lipinski definition) is 2. The number of hydrazone groups is 1. The van der Waals surface area contributed by atoms with Gasteiger partial charge < -0.3 is 0 Å². The fourth-order valence-electron chi connectivity index (χ4n) is 2.52. The van der Waals surface area contributed by atoms with Crippen LogP contribution in [-0.2, 0) is 9.84 Å². The third-order valence-electron chi connectivity index (χ3n) is 3.80. The Morgan fingerprint density at radius 2 is 2.24 bits per heavy atom. The van der Waals surface area contributed by atoms with Gasteiger partial charge in [-0.2, -0.15) is 15.3 Å². The zero-order chi connectivity index (χ0) is 18.2. The highest BCUT2D eigenvalue weighted by Gasteiger charge is 2.31. The summed E-state index contributed by atoms with van der Waals surface area (Å²) < 4.78 is 24.8. The number of aromatic amines is 1. The molecule has 0 spiro atoms. The first-order chi connectivity index (χ1) is 11.8. The van der Waals surface area contributed by atoms with Crippen LogP contribution in [0.1, 0.15) is 23.7 Å². The Balaban J connectivity index is 1.81. The van der Waals surface area contributed by atoms with E-state index in [0.29, 0.717) is 22.8 Å². The minimum absolute atomic E-state index is 0.0245. The molecule has 0 amide bonds. The molecule has 12 heteroatoms. The van der Waals surface area contributed by atoms with Crippen LogP contribution < -0.4 is 11.0 Å². The van der Waals surface area contributed by atoms with E-state index in [4.69, 9.17) is 23.2 Å². The summed E-state index contributed by atoms with van der Waals surface area (Å²) in [5.74, 6) is 0.155. The topological polar surface area (TPSA) is 122 Å². The van der Waals surface area contributed by atoms with Gasteiger partial charge in [-0.25, -0.2) is 18.2 Å². The quantitative estimate of drug-likeness (QED) is 0.586. The van der Waals surface area contributed by atoms with Crippen molar-refractivity contribution in [2.45, 2.75) is 19.4 Å². The molecular formula is C13H14Cl2N6O3S. The van der Waals surface area contributed by atoms with E-state index in [1.54, 1.807) is 6.92 Å². The van der Waals surface area contributed by atoms with Crippen molar-refractivity contribution in [3.63, 3.8) is 0 Å². The molecule has 2 N–H and O–H groups in total. The smallest absolute Gasteiger partial charge is 0.275 e. The molecule has 3 heterocycles. The van der Waals surface area contributed by atoms with E-state index in [1.165, 1.54) is 17.1 Å². The lowest BCUT2D eigenvalue weighted by Crippen LogP contribution is -2.12. The minimum Gasteiger partial charge on any atom is -0.275 e. The van der Waals surface area contributed by atoms with Crippen molar-refractivity contribution in [2.75, 3.05) is 16.9 Å². The van der Waals surface area contributed by atoms with Gasteiger partial charge in [0, 0.05) is 0 Å². The number of aryl methyl sites for hydroxylation is 1. The molecule has 2 aromatic rings. The monoisotopic (exact) mass is 404 g/mol. The van der Waals surface area contributed by atoms with Crippen LogP contribution in [0.3, 0.4) is 0 Å². The normalized spacial score (nSPS) is 19.6. The van der Waals surface area contributed by atoms with Crippen LogP contribution in [0, 0.1) is 6.92 Å². The second kappa shape index (κ2) is 6.77. The predicted molar refractivity (Wildman–Crippen MR) is 95.4 cm³/mol. The Kier molecular flexibility index (Phi) is 4.85. The Hall–Kier alpha value is -1.91. The number of rotatable bonds is 4. The van der Waals surface area contributed by atoms with E-state index < -0.39 is 15.4 Å². The lowest BCUT2D eigenvalue weighted by molar-refractivity contribution is 0.497. The molecule has 0 saturated carbocycles. The summed E-state index contributed by atoms with van der Waals surface area (Å²) in [5, 5.41) is 14.4. The number of aromatic nitrogens is 4. The van der Waals surface area contributed by atoms with Crippen molar-refractivity contribution in [1.82, 2.24) is 20.0 Å². The van der Waals surface area contributed by atoms with Crippen LogP contribution in [0.4, 0.5) is 5.69 Å². The van der Waals surface area contributed by atoms with Crippen molar-refractivity contribution in [2.24, 2.45) is 5.10 Å². The third-order valence-corrected chi connectivity index (χ3v) is 6.30. The summed E-state index contributed by atoms with van der Waals surface area (Å²) in [6.45, 7) is 1.74. The third kappa shape index (κ3) is 3.70. The van der Waals surface area contributed by atoms with Gasteiger partial charge in [-0.1, -0.05) is 23.2 Å². The highest BCUT2D eigenvalue weighted by molar-refractivity contribution is 7.91. The average molecular weight is 405 g/mol. The van der Waals surface area contributed by atoms with Gasteiger partial charge >= 0.3 is 0 Å². The lowest BCUT2D eigenvalue weighted by Gasteiger charge is -2.09. The van der Waals surface area contributed by atoms with E-state index in [0.717, 1.165) is 0 Å². The van der Waals surface area contributed by atoms with Crippen LogP contribution in [0.15, 0.2) is 16.1 Å². The number of nitrogens with one attached hydrogen (secondary N) is 2. The second-order valence-electron chi connectivity index (χ2n) is 5.59. The van der Waals surface area contributed by atoms with Gasteiger partial charge in [0.25, 0.3) is 5.56 Å². The molecule has 0 radical (unpaired) electrons. The maximum Gasteiger partial charge on any atom is 0.285 e. The molecule has 0 aliphatic carbocycles. The van der Waals surface area contributed by atoms with Gasteiger partial charge in [-0.05, 0) is 13.3 Å². The summed E-state index contributed by atoms with van der Waals surface area (Å²) in [6, 6.07) is -0.280. The minimum atomic E-state index is -3.05. The number of hydrogen-bond acceptors (Lipinski definition) is 7. The zero-order valence-electron chi connectivity index (χ0n) is 13.0. The molecule has 1 aliphatic rings. The fraction of sp³-hybridized carbons (Fsp3) is 0.385. The van der Waals surface area contributed by atoms with Crippen LogP contribution in [0.5, 0.6) is 0 Å². The molecule has 9 nitrogen and oxygen atoms in total. The summed E-state index contributed by atoms with van der Waals surface area (Å²) in [5.41, 5.74) is 3.47. The van der Waals surface area contributed by atoms with Crippen molar-refractivity contribution in [1.29, 1.82) is 0 Å². The van der Waals surface area contributed by atoms with Gasteiger partial charge in [0.1, 0.15) is 15.9 Å². The molecule has 1 atom stereocenters. The van der Waals surface area contributed by atoms with Crippen molar-refractivity contribution < 1.29 is 8.42 Å². The molecule has 0 aromatic carbocycles. The molecule has 0 bridgehead atoms. The lowest BCUT2D eigenvalue weighted by atomic mass is 10.2. The molecule has 1 fully saturated rings. The molecular weight excluding hydrogens is 391 g/mol. The fourth-order valence-corrected chi connectivity index (χ4v) is 4.70. The van der Waals surface area contributed by atoms with Crippen molar-refractivity contribution >= 4 is 44.9 Å². The average Bonchev–Trinajstić information content (AvgIpc) is 3.04. The number of halogens is 2. The summed E-state index contributed by atoms with van der Waals surface area (Å²) >= 11 is 12.2. The summed E-state index contributed by atoms with van der Waals surface area (Å²) in [7, 11) is -3.05. The first-order valence-corrected chi connectivity index (χ1v) is 9.83. The zero-order valence-corrected chi connectivity index (χ0v) is 15.4. The summed E-state index contributed by atoms with van der Waals surface area (Å²) in [4.78, 5) is 11.4. The van der Waals surface area contributed by atoms with Crippen LogP contribution in [0.25, 0.3) is 0 Å². The highest BCUT2D eigenvalue weighted by Crippen LogP contribution is 2.29. The van der Waals surface area contributed by atoms with Crippen LogP contribution in [0.2, 0.25) is 10.2 Å². The Bertz CT molecular complexity index is 998. The Morgan fingerprint density at radius 3 is 2.92 bits per heavy atom. The maximum absolute atomic E-state index is 11.6. The Morgan fingerprint density at radius 1 is 1.48 bits per heavy atom. The number of anilines is 1. The van der Waals surface area contributed by atoms with Crippen LogP contribution in [-0.4, -0.2) is 46.1 Å². The number of H-pyrrole nitrogens is 1. The molecule has 1 saturated heterocycles. The molecule has 2 aromatic heterocycles. The van der Waals surface area contributed by atoms with Gasteiger partial charge in [0.05, 0.1) is 41.2 Å². The summed E-state index contributed by atoms with van der Waals surface area (Å²) in [6.07, 6.45) is 3.23. The van der Waals surface area contributed by atoms with E-state index in [1.807, 2.05) is 0 Å². The molecule has 3 rings (SSSR count). The van der Waals surface area contributed by atoms with Gasteiger partial charge in [0.2, 0.25) is 0 Å². The molecule has 134 valence electrons.